The van der Waals surface area contributed by atoms with Crippen molar-refractivity contribution < 1.29 is 19.1 Å². The van der Waals surface area contributed by atoms with Crippen molar-refractivity contribution >= 4 is 23.5 Å². The number of anilines is 1. The number of amides is 2. The minimum absolute atomic E-state index is 0.0355. The average molecular weight is 352 g/mol. The normalized spacial score (nSPS) is 14.3. The van der Waals surface area contributed by atoms with Crippen LogP contribution in [0.4, 0.5) is 5.69 Å². The van der Waals surface area contributed by atoms with Gasteiger partial charge in [0.1, 0.15) is 6.04 Å². The van der Waals surface area contributed by atoms with Crippen molar-refractivity contribution in [3.63, 3.8) is 0 Å². The number of benzene rings is 2. The summed E-state index contributed by atoms with van der Waals surface area (Å²) >= 11 is 0. The van der Waals surface area contributed by atoms with Gasteiger partial charge in [0.15, 0.2) is 0 Å². The Morgan fingerprint density at radius 3 is 2.35 bits per heavy atom. The molecule has 0 aliphatic carbocycles. The van der Waals surface area contributed by atoms with Gasteiger partial charge in [-0.25, -0.2) is 4.79 Å². The molecule has 2 aromatic rings. The Morgan fingerprint density at radius 1 is 1.12 bits per heavy atom. The van der Waals surface area contributed by atoms with E-state index < -0.39 is 12.0 Å². The van der Waals surface area contributed by atoms with E-state index in [-0.39, 0.29) is 11.8 Å². The summed E-state index contributed by atoms with van der Waals surface area (Å²) in [7, 11) is 0. The summed E-state index contributed by atoms with van der Waals surface area (Å²) in [5.74, 6) is -0.724. The highest BCUT2D eigenvalue weighted by Crippen LogP contribution is 2.28. The Balaban J connectivity index is 1.76. The standard InChI is InChI=1S/C20H20N2O4/c1-2-26-20(25)15-8-10-16(11-9-15)21-19(24)18(22-13-12-17(22)23)14-6-4-3-5-7-14/h3-11,18H,2,12-13H2,1H3,(H,21,24). The maximum absolute atomic E-state index is 12.8. The molecule has 2 amide bonds. The van der Waals surface area contributed by atoms with Crippen LogP contribution in [0.15, 0.2) is 54.6 Å². The highest BCUT2D eigenvalue weighted by Gasteiger charge is 2.36. The van der Waals surface area contributed by atoms with Crippen LogP contribution in [0, 0.1) is 0 Å². The number of carbonyl (C=O) groups excluding carboxylic acids is 3. The van der Waals surface area contributed by atoms with Crippen LogP contribution in [0.25, 0.3) is 0 Å². The van der Waals surface area contributed by atoms with Gasteiger partial charge in [0.2, 0.25) is 5.91 Å². The maximum atomic E-state index is 12.8. The van der Waals surface area contributed by atoms with Gasteiger partial charge in [0, 0.05) is 18.7 Å². The summed E-state index contributed by atoms with van der Waals surface area (Å²) < 4.78 is 4.94. The third-order valence-electron chi connectivity index (χ3n) is 4.23. The van der Waals surface area contributed by atoms with Crippen LogP contribution >= 0.6 is 0 Å². The van der Waals surface area contributed by atoms with E-state index in [4.69, 9.17) is 4.74 Å². The van der Waals surface area contributed by atoms with Gasteiger partial charge >= 0.3 is 5.97 Å². The third kappa shape index (κ3) is 3.74. The van der Waals surface area contributed by atoms with Crippen molar-refractivity contribution in [2.75, 3.05) is 18.5 Å². The Hall–Kier alpha value is -3.15. The average Bonchev–Trinajstić information content (AvgIpc) is 2.66. The first-order chi connectivity index (χ1) is 12.6. The second-order valence-electron chi connectivity index (χ2n) is 5.94. The van der Waals surface area contributed by atoms with Gasteiger partial charge in [-0.3, -0.25) is 9.59 Å². The fourth-order valence-electron chi connectivity index (χ4n) is 2.83. The first kappa shape index (κ1) is 17.7. The lowest BCUT2D eigenvalue weighted by Crippen LogP contribution is -2.49. The van der Waals surface area contributed by atoms with Gasteiger partial charge in [-0.15, -0.1) is 0 Å². The van der Waals surface area contributed by atoms with Crippen molar-refractivity contribution in [3.05, 3.63) is 65.7 Å². The summed E-state index contributed by atoms with van der Waals surface area (Å²) in [5.41, 5.74) is 1.74. The van der Waals surface area contributed by atoms with Crippen molar-refractivity contribution in [3.8, 4) is 0 Å². The van der Waals surface area contributed by atoms with Crippen LogP contribution in [-0.2, 0) is 14.3 Å². The Morgan fingerprint density at radius 2 is 1.81 bits per heavy atom. The Labute approximate surface area is 151 Å². The number of β-lactam (4-membered cyclic amide) rings is 1. The van der Waals surface area contributed by atoms with Gasteiger partial charge in [-0.05, 0) is 36.8 Å². The van der Waals surface area contributed by atoms with E-state index in [1.165, 1.54) is 0 Å². The molecule has 1 heterocycles. The lowest BCUT2D eigenvalue weighted by Gasteiger charge is -2.37. The number of nitrogens with one attached hydrogen (secondary N) is 1. The summed E-state index contributed by atoms with van der Waals surface area (Å²) in [4.78, 5) is 38.0. The lowest BCUT2D eigenvalue weighted by molar-refractivity contribution is -0.147. The second kappa shape index (κ2) is 7.82. The third-order valence-corrected chi connectivity index (χ3v) is 4.23. The minimum Gasteiger partial charge on any atom is -0.462 e. The van der Waals surface area contributed by atoms with Crippen molar-refractivity contribution in [2.24, 2.45) is 0 Å². The molecule has 0 spiro atoms. The molecule has 1 unspecified atom stereocenters. The number of hydrogen-bond donors (Lipinski definition) is 1. The molecule has 0 saturated carbocycles. The number of likely N-dealkylation sites (tertiary alicyclic amines) is 1. The molecule has 1 atom stereocenters. The molecule has 2 aromatic carbocycles. The number of ether oxygens (including phenoxy) is 1. The molecule has 6 heteroatoms. The highest BCUT2D eigenvalue weighted by atomic mass is 16.5. The van der Waals surface area contributed by atoms with E-state index in [0.29, 0.717) is 30.8 Å². The van der Waals surface area contributed by atoms with Crippen LogP contribution in [0.1, 0.15) is 35.3 Å². The largest absolute Gasteiger partial charge is 0.462 e. The van der Waals surface area contributed by atoms with Crippen molar-refractivity contribution in [1.82, 2.24) is 4.90 Å². The molecule has 0 bridgehead atoms. The molecule has 26 heavy (non-hydrogen) atoms. The zero-order valence-corrected chi connectivity index (χ0v) is 14.5. The van der Waals surface area contributed by atoms with Gasteiger partial charge in [-0.2, -0.15) is 0 Å². The summed E-state index contributed by atoms with van der Waals surface area (Å²) in [5, 5.41) is 2.82. The summed E-state index contributed by atoms with van der Waals surface area (Å²) in [6.45, 7) is 2.61. The van der Waals surface area contributed by atoms with E-state index in [1.54, 1.807) is 36.1 Å². The molecule has 1 aliphatic rings. The molecular formula is C20H20N2O4. The molecule has 6 nitrogen and oxygen atoms in total. The smallest absolute Gasteiger partial charge is 0.338 e. The SMILES string of the molecule is CCOC(=O)c1ccc(NC(=O)C(c2ccccc2)N2CCC2=O)cc1. The number of nitrogens with zero attached hydrogens (tertiary/aromatic N) is 1. The number of hydrogen-bond acceptors (Lipinski definition) is 4. The van der Waals surface area contributed by atoms with E-state index in [9.17, 15) is 14.4 Å². The van der Waals surface area contributed by atoms with Gasteiger partial charge in [0.05, 0.1) is 12.2 Å². The molecule has 1 saturated heterocycles. The predicted octanol–water partition coefficient (Wildman–Crippen LogP) is 2.78. The van der Waals surface area contributed by atoms with Crippen LogP contribution in [0.5, 0.6) is 0 Å². The number of esters is 1. The predicted molar refractivity (Wildman–Crippen MR) is 96.5 cm³/mol. The fourth-order valence-corrected chi connectivity index (χ4v) is 2.83. The van der Waals surface area contributed by atoms with E-state index in [1.807, 2.05) is 30.3 Å². The molecule has 1 fully saturated rings. The maximum Gasteiger partial charge on any atom is 0.338 e. The number of rotatable bonds is 6. The number of carbonyl (C=O) groups is 3. The topological polar surface area (TPSA) is 75.7 Å². The first-order valence-electron chi connectivity index (χ1n) is 8.52. The van der Waals surface area contributed by atoms with Gasteiger partial charge in [-0.1, -0.05) is 30.3 Å². The van der Waals surface area contributed by atoms with Crippen molar-refractivity contribution in [2.45, 2.75) is 19.4 Å². The molecule has 3 rings (SSSR count). The van der Waals surface area contributed by atoms with Crippen LogP contribution in [-0.4, -0.2) is 35.8 Å². The van der Waals surface area contributed by atoms with Crippen LogP contribution in [0.3, 0.4) is 0 Å². The monoisotopic (exact) mass is 352 g/mol. The second-order valence-corrected chi connectivity index (χ2v) is 5.94. The molecule has 0 aromatic heterocycles. The minimum atomic E-state index is -0.665. The molecule has 0 radical (unpaired) electrons. The zero-order valence-electron chi connectivity index (χ0n) is 14.5. The summed E-state index contributed by atoms with van der Waals surface area (Å²) in [6, 6.07) is 15.0. The zero-order chi connectivity index (χ0) is 18.5. The fraction of sp³-hybridized carbons (Fsp3) is 0.250. The molecule has 1 N–H and O–H groups in total. The van der Waals surface area contributed by atoms with Crippen LogP contribution in [0.2, 0.25) is 0 Å². The van der Waals surface area contributed by atoms with E-state index >= 15 is 0 Å². The molecular weight excluding hydrogens is 332 g/mol. The van der Waals surface area contributed by atoms with E-state index in [2.05, 4.69) is 5.32 Å². The Bertz CT molecular complexity index is 802. The summed E-state index contributed by atoms with van der Waals surface area (Å²) in [6.07, 6.45) is 0.463. The lowest BCUT2D eigenvalue weighted by atomic mass is 10.00. The highest BCUT2D eigenvalue weighted by molar-refractivity contribution is 5.99. The van der Waals surface area contributed by atoms with E-state index in [0.717, 1.165) is 5.56 Å². The van der Waals surface area contributed by atoms with Crippen molar-refractivity contribution in [1.29, 1.82) is 0 Å². The van der Waals surface area contributed by atoms with Crippen LogP contribution < -0.4 is 5.32 Å². The van der Waals surface area contributed by atoms with Gasteiger partial charge < -0.3 is 15.0 Å². The quantitative estimate of drug-likeness (QED) is 0.641. The first-order valence-corrected chi connectivity index (χ1v) is 8.52. The molecule has 1 aliphatic heterocycles. The van der Waals surface area contributed by atoms with Gasteiger partial charge in [0.25, 0.3) is 5.91 Å². The Kier molecular flexibility index (Phi) is 5.31. The molecule has 134 valence electrons.